The molecule has 0 fully saturated rings. The molecule has 1 aliphatic heterocycles. The van der Waals surface area contributed by atoms with Crippen LogP contribution < -0.4 is 14.7 Å². The molecule has 0 saturated carbocycles. The van der Waals surface area contributed by atoms with Crippen molar-refractivity contribution in [3.8, 4) is 0 Å². The molecular formula is C21H22N2OSi. The van der Waals surface area contributed by atoms with Crippen LogP contribution in [0.15, 0.2) is 66.7 Å². The van der Waals surface area contributed by atoms with Crippen LogP contribution in [0.25, 0.3) is 10.8 Å². The zero-order chi connectivity index (χ0) is 17.6. The van der Waals surface area contributed by atoms with Crippen LogP contribution in [0.1, 0.15) is 6.92 Å². The van der Waals surface area contributed by atoms with Crippen LogP contribution in [0.3, 0.4) is 0 Å². The highest BCUT2D eigenvalue weighted by Gasteiger charge is 2.41. The van der Waals surface area contributed by atoms with Gasteiger partial charge >= 0.3 is 0 Å². The molecule has 0 N–H and O–H groups in total. The minimum Gasteiger partial charge on any atom is -0.376 e. The summed E-state index contributed by atoms with van der Waals surface area (Å²) in [6.07, 6.45) is 0. The molecule has 0 atom stereocenters. The summed E-state index contributed by atoms with van der Waals surface area (Å²) < 4.78 is 2.44. The summed E-state index contributed by atoms with van der Waals surface area (Å²) in [6, 6.07) is 23.2. The standard InChI is InChI=1S/C21H22N2OSi/c1-16(24)22-15-23(18-10-5-4-6-11-18)25(2,3)20-14-13-17-9-7-8-12-19(17)21(20)22/h4-14H,15H2,1-3H3. The first-order valence-electron chi connectivity index (χ1n) is 8.63. The van der Waals surface area contributed by atoms with Crippen LogP contribution in [-0.2, 0) is 4.79 Å². The van der Waals surface area contributed by atoms with E-state index < -0.39 is 8.24 Å². The van der Waals surface area contributed by atoms with Gasteiger partial charge in [-0.2, -0.15) is 0 Å². The second-order valence-electron chi connectivity index (χ2n) is 7.09. The van der Waals surface area contributed by atoms with E-state index in [4.69, 9.17) is 0 Å². The number of nitrogens with zero attached hydrogens (tertiary/aromatic N) is 2. The van der Waals surface area contributed by atoms with Crippen molar-refractivity contribution in [2.45, 2.75) is 20.0 Å². The van der Waals surface area contributed by atoms with Gasteiger partial charge in [0.05, 0.1) is 12.4 Å². The third-order valence-electron chi connectivity index (χ3n) is 5.24. The zero-order valence-electron chi connectivity index (χ0n) is 14.9. The van der Waals surface area contributed by atoms with Crippen molar-refractivity contribution in [2.75, 3.05) is 16.1 Å². The fourth-order valence-electron chi connectivity index (χ4n) is 3.84. The van der Waals surface area contributed by atoms with Crippen molar-refractivity contribution in [1.82, 2.24) is 0 Å². The van der Waals surface area contributed by atoms with Gasteiger partial charge in [-0.05, 0) is 35.8 Å². The molecule has 0 aliphatic carbocycles. The predicted octanol–water partition coefficient (Wildman–Crippen LogP) is 4.08. The summed E-state index contributed by atoms with van der Waals surface area (Å²) in [6.45, 7) is 7.00. The monoisotopic (exact) mass is 346 g/mol. The predicted molar refractivity (Wildman–Crippen MR) is 108 cm³/mol. The Morgan fingerprint density at radius 3 is 2.32 bits per heavy atom. The molecular weight excluding hydrogens is 324 g/mol. The van der Waals surface area contributed by atoms with Gasteiger partial charge in [-0.3, -0.25) is 9.69 Å². The lowest BCUT2D eigenvalue weighted by atomic mass is 10.1. The first kappa shape index (κ1) is 15.9. The minimum absolute atomic E-state index is 0.0861. The number of hydrogen-bond donors (Lipinski definition) is 0. The maximum atomic E-state index is 12.5. The Kier molecular flexibility index (Phi) is 3.65. The number of anilines is 2. The van der Waals surface area contributed by atoms with Crippen LogP contribution in [0.2, 0.25) is 13.1 Å². The molecule has 3 nitrogen and oxygen atoms in total. The number of fused-ring (bicyclic) bond motifs is 3. The lowest BCUT2D eigenvalue weighted by Crippen LogP contribution is -2.67. The molecule has 0 unspecified atom stereocenters. The second kappa shape index (κ2) is 5.74. The molecule has 1 aliphatic rings. The molecule has 126 valence electrons. The fourth-order valence-corrected chi connectivity index (χ4v) is 6.76. The van der Waals surface area contributed by atoms with E-state index in [0.29, 0.717) is 6.67 Å². The number of amides is 1. The van der Waals surface area contributed by atoms with Crippen LogP contribution in [0.5, 0.6) is 0 Å². The quantitative estimate of drug-likeness (QED) is 0.620. The van der Waals surface area contributed by atoms with E-state index in [2.05, 4.69) is 78.3 Å². The SMILES string of the molecule is CC(=O)N1CN(c2ccccc2)[Si](C)(C)c2ccc3ccccc3c21. The lowest BCUT2D eigenvalue weighted by Gasteiger charge is -2.48. The van der Waals surface area contributed by atoms with E-state index in [1.54, 1.807) is 6.92 Å². The number of benzene rings is 3. The van der Waals surface area contributed by atoms with Gasteiger partial charge in [-0.15, -0.1) is 0 Å². The molecule has 4 rings (SSSR count). The third-order valence-corrected chi connectivity index (χ3v) is 8.71. The average molecular weight is 347 g/mol. The fraction of sp³-hybridized carbons (Fsp3) is 0.190. The molecule has 0 aromatic heterocycles. The maximum absolute atomic E-state index is 12.5. The summed E-state index contributed by atoms with van der Waals surface area (Å²) in [4.78, 5) is 14.4. The highest BCUT2D eigenvalue weighted by Crippen LogP contribution is 2.35. The number of carbonyl (C=O) groups is 1. The molecule has 1 amide bonds. The number of hydrogen-bond acceptors (Lipinski definition) is 2. The molecule has 3 aromatic rings. The summed E-state index contributed by atoms with van der Waals surface area (Å²) in [5, 5.41) is 3.67. The number of rotatable bonds is 1. The zero-order valence-corrected chi connectivity index (χ0v) is 15.9. The smallest absolute Gasteiger partial charge is 0.225 e. The van der Waals surface area contributed by atoms with Crippen molar-refractivity contribution >= 4 is 41.5 Å². The van der Waals surface area contributed by atoms with Gasteiger partial charge in [0.2, 0.25) is 5.91 Å². The third kappa shape index (κ3) is 2.45. The van der Waals surface area contributed by atoms with Crippen LogP contribution in [0.4, 0.5) is 11.4 Å². The molecule has 0 bridgehead atoms. The van der Waals surface area contributed by atoms with Crippen LogP contribution in [-0.4, -0.2) is 20.8 Å². The average Bonchev–Trinajstić information content (AvgIpc) is 2.62. The molecule has 3 aromatic carbocycles. The van der Waals surface area contributed by atoms with Crippen molar-refractivity contribution in [3.63, 3.8) is 0 Å². The largest absolute Gasteiger partial charge is 0.376 e. The second-order valence-corrected chi connectivity index (χ2v) is 11.3. The van der Waals surface area contributed by atoms with Crippen molar-refractivity contribution in [3.05, 3.63) is 66.7 Å². The highest BCUT2D eigenvalue weighted by atomic mass is 28.3. The molecule has 1 heterocycles. The Morgan fingerprint density at radius 1 is 0.920 bits per heavy atom. The first-order valence-corrected chi connectivity index (χ1v) is 11.6. The molecule has 0 saturated heterocycles. The highest BCUT2D eigenvalue weighted by molar-refractivity contribution is 6.94. The Balaban J connectivity index is 1.99. The maximum Gasteiger partial charge on any atom is 0.225 e. The van der Waals surface area contributed by atoms with E-state index in [1.165, 1.54) is 21.6 Å². The van der Waals surface area contributed by atoms with Gasteiger partial charge < -0.3 is 4.57 Å². The summed E-state index contributed by atoms with van der Waals surface area (Å²) >= 11 is 0. The summed E-state index contributed by atoms with van der Waals surface area (Å²) in [7, 11) is -1.95. The van der Waals surface area contributed by atoms with Gasteiger partial charge in [0.15, 0.2) is 8.24 Å². The summed E-state index contributed by atoms with van der Waals surface area (Å²) in [5.41, 5.74) is 2.29. The van der Waals surface area contributed by atoms with Crippen LogP contribution >= 0.6 is 0 Å². The normalized spacial score (nSPS) is 16.0. The van der Waals surface area contributed by atoms with E-state index in [0.717, 1.165) is 5.69 Å². The topological polar surface area (TPSA) is 23.6 Å². The first-order chi connectivity index (χ1) is 12.0. The Bertz CT molecular complexity index is 953. The minimum atomic E-state index is -1.95. The van der Waals surface area contributed by atoms with Gasteiger partial charge in [0, 0.05) is 18.0 Å². The Morgan fingerprint density at radius 2 is 1.60 bits per heavy atom. The van der Waals surface area contributed by atoms with Gasteiger partial charge in [0.1, 0.15) is 0 Å². The number of carbonyl (C=O) groups excluding carboxylic acids is 1. The molecule has 25 heavy (non-hydrogen) atoms. The molecule has 0 spiro atoms. The van der Waals surface area contributed by atoms with E-state index in [-0.39, 0.29) is 5.91 Å². The van der Waals surface area contributed by atoms with E-state index in [1.807, 2.05) is 11.0 Å². The Labute approximate surface area is 149 Å². The molecule has 4 heteroatoms. The van der Waals surface area contributed by atoms with E-state index in [9.17, 15) is 4.79 Å². The van der Waals surface area contributed by atoms with Gasteiger partial charge in [-0.25, -0.2) is 0 Å². The van der Waals surface area contributed by atoms with Crippen molar-refractivity contribution in [2.24, 2.45) is 0 Å². The number of para-hydroxylation sites is 1. The summed E-state index contributed by atoms with van der Waals surface area (Å²) in [5.74, 6) is 0.0861. The lowest BCUT2D eigenvalue weighted by molar-refractivity contribution is -0.116. The van der Waals surface area contributed by atoms with Gasteiger partial charge in [0.25, 0.3) is 0 Å². The van der Waals surface area contributed by atoms with Crippen molar-refractivity contribution < 1.29 is 4.79 Å². The van der Waals surface area contributed by atoms with Gasteiger partial charge in [-0.1, -0.05) is 54.6 Å². The van der Waals surface area contributed by atoms with Crippen molar-refractivity contribution in [1.29, 1.82) is 0 Å². The molecule has 0 radical (unpaired) electrons. The van der Waals surface area contributed by atoms with Crippen LogP contribution in [0, 0.1) is 0 Å². The van der Waals surface area contributed by atoms with E-state index >= 15 is 0 Å². The Hall–Kier alpha value is -2.59.